The number of nitrogens with zero attached hydrogens (tertiary/aromatic N) is 3. The van der Waals surface area contributed by atoms with Crippen molar-refractivity contribution in [2.75, 3.05) is 13.7 Å². The van der Waals surface area contributed by atoms with Gasteiger partial charge in [0.05, 0.1) is 46.6 Å². The molecule has 4 rings (SSSR count). The van der Waals surface area contributed by atoms with Gasteiger partial charge in [-0.2, -0.15) is 0 Å². The second-order valence-electron chi connectivity index (χ2n) is 9.18. The minimum Gasteiger partial charge on any atom is -0.493 e. The number of carbonyl (C=O) groups is 1. The third-order valence-electron chi connectivity index (χ3n) is 6.11. The summed E-state index contributed by atoms with van der Waals surface area (Å²) in [6, 6.07) is 9.21. The summed E-state index contributed by atoms with van der Waals surface area (Å²) in [4.78, 5) is 42.9. The number of nitro benzene ring substituents is 1. The van der Waals surface area contributed by atoms with Crippen molar-refractivity contribution >= 4 is 29.1 Å². The Morgan fingerprint density at radius 3 is 2.59 bits per heavy atom. The van der Waals surface area contributed by atoms with Crippen molar-refractivity contribution in [2.45, 2.75) is 46.8 Å². The molecule has 3 aromatic rings. The van der Waals surface area contributed by atoms with Crippen LogP contribution in [0, 0.1) is 17.0 Å². The summed E-state index contributed by atoms with van der Waals surface area (Å²) in [7, 11) is 1.52. The molecule has 0 saturated carbocycles. The van der Waals surface area contributed by atoms with E-state index in [0.29, 0.717) is 43.2 Å². The number of fused-ring (bicyclic) bond motifs is 1. The minimum absolute atomic E-state index is 0.0364. The van der Waals surface area contributed by atoms with Gasteiger partial charge in [0.2, 0.25) is 0 Å². The predicted octanol–water partition coefficient (Wildman–Crippen LogP) is 3.81. The van der Waals surface area contributed by atoms with Crippen molar-refractivity contribution in [3.8, 4) is 11.5 Å². The van der Waals surface area contributed by atoms with E-state index in [0.717, 1.165) is 11.3 Å². The number of benzene rings is 2. The maximum atomic E-state index is 13.8. The zero-order valence-corrected chi connectivity index (χ0v) is 23.3. The molecule has 0 unspecified atom stereocenters. The highest BCUT2D eigenvalue weighted by Crippen LogP contribution is 2.36. The number of methoxy groups -OCH3 is 1. The zero-order chi connectivity index (χ0) is 28.4. The van der Waals surface area contributed by atoms with Gasteiger partial charge < -0.3 is 14.2 Å². The van der Waals surface area contributed by atoms with E-state index >= 15 is 0 Å². The number of allylic oxidation sites excluding steroid dienone is 1. The molecule has 0 N–H and O–H groups in total. The Balaban J connectivity index is 1.94. The highest BCUT2D eigenvalue weighted by molar-refractivity contribution is 7.07. The molecule has 2 heterocycles. The van der Waals surface area contributed by atoms with E-state index in [-0.39, 0.29) is 29.5 Å². The first-order valence-corrected chi connectivity index (χ1v) is 13.2. The van der Waals surface area contributed by atoms with Gasteiger partial charge in [0.15, 0.2) is 16.3 Å². The van der Waals surface area contributed by atoms with Gasteiger partial charge >= 0.3 is 5.97 Å². The molecular formula is C28H29N3O7S. The van der Waals surface area contributed by atoms with Crippen LogP contribution in [0.15, 0.2) is 57.5 Å². The number of esters is 1. The van der Waals surface area contributed by atoms with Crippen molar-refractivity contribution in [3.63, 3.8) is 0 Å². The van der Waals surface area contributed by atoms with Gasteiger partial charge in [-0.25, -0.2) is 9.79 Å². The Kier molecular flexibility index (Phi) is 8.01. The maximum Gasteiger partial charge on any atom is 0.338 e. The number of thiazole rings is 1. The second kappa shape index (κ2) is 11.2. The average Bonchev–Trinajstić information content (AvgIpc) is 3.18. The highest BCUT2D eigenvalue weighted by atomic mass is 32.1. The molecule has 2 aromatic carbocycles. The SMILES string of the molecule is CCOC(=O)C1=C(C)N=c2s/c(=C\c3ccc(C)c([N+](=O)[O-])c3)c(=O)n2[C@H]1c1ccc(OC(C)C)c(OC)c1. The van der Waals surface area contributed by atoms with Gasteiger partial charge in [0.1, 0.15) is 0 Å². The molecule has 1 aromatic heterocycles. The molecule has 1 aliphatic rings. The molecule has 1 atom stereocenters. The number of ether oxygens (including phenoxy) is 3. The topological polar surface area (TPSA) is 122 Å². The summed E-state index contributed by atoms with van der Waals surface area (Å²) in [5.74, 6) is 0.407. The van der Waals surface area contributed by atoms with E-state index in [1.165, 1.54) is 17.7 Å². The predicted molar refractivity (Wildman–Crippen MR) is 147 cm³/mol. The normalized spacial score (nSPS) is 15.2. The largest absolute Gasteiger partial charge is 0.493 e. The Labute approximate surface area is 228 Å². The van der Waals surface area contributed by atoms with E-state index in [1.807, 2.05) is 13.8 Å². The first kappa shape index (κ1) is 27.8. The molecular weight excluding hydrogens is 522 g/mol. The highest BCUT2D eigenvalue weighted by Gasteiger charge is 2.34. The molecule has 0 amide bonds. The first-order chi connectivity index (χ1) is 18.5. The molecule has 0 radical (unpaired) electrons. The van der Waals surface area contributed by atoms with E-state index < -0.39 is 16.9 Å². The minimum atomic E-state index is -0.836. The van der Waals surface area contributed by atoms with Crippen molar-refractivity contribution < 1.29 is 23.9 Å². The van der Waals surface area contributed by atoms with Crippen LogP contribution in [0.4, 0.5) is 5.69 Å². The van der Waals surface area contributed by atoms with Crippen LogP contribution in [-0.4, -0.2) is 35.3 Å². The number of aryl methyl sites for hydroxylation is 1. The van der Waals surface area contributed by atoms with Crippen molar-refractivity contribution in [1.29, 1.82) is 0 Å². The summed E-state index contributed by atoms with van der Waals surface area (Å²) in [5.41, 5.74) is 1.88. The van der Waals surface area contributed by atoms with E-state index in [4.69, 9.17) is 14.2 Å². The summed E-state index contributed by atoms with van der Waals surface area (Å²) in [5, 5.41) is 11.4. The number of rotatable bonds is 8. The summed E-state index contributed by atoms with van der Waals surface area (Å²) in [6.07, 6.45) is 1.51. The number of carbonyl (C=O) groups excluding carboxylic acids is 1. The van der Waals surface area contributed by atoms with Crippen LogP contribution in [0.25, 0.3) is 6.08 Å². The maximum absolute atomic E-state index is 13.8. The Morgan fingerprint density at radius 2 is 1.95 bits per heavy atom. The van der Waals surface area contributed by atoms with Gasteiger partial charge in [-0.3, -0.25) is 19.5 Å². The Bertz CT molecular complexity index is 1670. The van der Waals surface area contributed by atoms with Crippen LogP contribution >= 0.6 is 11.3 Å². The third-order valence-corrected chi connectivity index (χ3v) is 7.09. The van der Waals surface area contributed by atoms with E-state index in [9.17, 15) is 19.7 Å². The van der Waals surface area contributed by atoms with Gasteiger partial charge in [-0.15, -0.1) is 0 Å². The number of aromatic nitrogens is 1. The van der Waals surface area contributed by atoms with E-state index in [2.05, 4.69) is 4.99 Å². The van der Waals surface area contributed by atoms with Gasteiger partial charge in [-0.1, -0.05) is 29.5 Å². The standard InChI is InChI=1S/C28H29N3O7S/c1-7-37-27(33)24-17(5)29-28-30(25(24)19-10-11-21(38-15(2)3)22(14-19)36-6)26(32)23(39-28)13-18-9-8-16(4)20(12-18)31(34)35/h8-15,25H,7H2,1-6H3/b23-13-/t25-/m0/s1. The first-order valence-electron chi connectivity index (χ1n) is 12.3. The van der Waals surface area contributed by atoms with Crippen molar-refractivity contribution in [2.24, 2.45) is 4.99 Å². The molecule has 204 valence electrons. The number of nitro groups is 1. The Hall–Kier alpha value is -4.25. The van der Waals surface area contributed by atoms with Crippen LogP contribution in [0.3, 0.4) is 0 Å². The summed E-state index contributed by atoms with van der Waals surface area (Å²) < 4.78 is 18.5. The Morgan fingerprint density at radius 1 is 1.21 bits per heavy atom. The fraction of sp³-hybridized carbons (Fsp3) is 0.321. The van der Waals surface area contributed by atoms with E-state index in [1.54, 1.807) is 57.2 Å². The fourth-order valence-corrected chi connectivity index (χ4v) is 5.42. The molecule has 0 fully saturated rings. The summed E-state index contributed by atoms with van der Waals surface area (Å²) >= 11 is 1.14. The molecule has 0 aliphatic carbocycles. The van der Waals surface area contributed by atoms with Crippen molar-refractivity contribution in [3.05, 3.63) is 94.2 Å². The van der Waals surface area contributed by atoms with Crippen LogP contribution in [0.2, 0.25) is 0 Å². The van der Waals surface area contributed by atoms with Crippen LogP contribution < -0.4 is 24.4 Å². The lowest BCUT2D eigenvalue weighted by atomic mass is 9.95. The van der Waals surface area contributed by atoms with Crippen LogP contribution in [0.5, 0.6) is 11.5 Å². The molecule has 0 saturated heterocycles. The molecule has 0 bridgehead atoms. The average molecular weight is 552 g/mol. The quantitative estimate of drug-likeness (QED) is 0.237. The van der Waals surface area contributed by atoms with Gasteiger partial charge in [-0.05, 0) is 64.0 Å². The van der Waals surface area contributed by atoms with Gasteiger partial charge in [0, 0.05) is 11.6 Å². The number of hydrogen-bond donors (Lipinski definition) is 0. The fourth-order valence-electron chi connectivity index (χ4n) is 4.38. The van der Waals surface area contributed by atoms with Gasteiger partial charge in [0.25, 0.3) is 11.2 Å². The molecule has 39 heavy (non-hydrogen) atoms. The lowest BCUT2D eigenvalue weighted by Gasteiger charge is -2.25. The smallest absolute Gasteiger partial charge is 0.338 e. The monoisotopic (exact) mass is 551 g/mol. The molecule has 11 heteroatoms. The lowest BCUT2D eigenvalue weighted by molar-refractivity contribution is -0.385. The lowest BCUT2D eigenvalue weighted by Crippen LogP contribution is -2.40. The summed E-state index contributed by atoms with van der Waals surface area (Å²) in [6.45, 7) is 9.02. The molecule has 0 spiro atoms. The second-order valence-corrected chi connectivity index (χ2v) is 10.2. The zero-order valence-electron chi connectivity index (χ0n) is 22.5. The van der Waals surface area contributed by atoms with Crippen LogP contribution in [-0.2, 0) is 9.53 Å². The van der Waals surface area contributed by atoms with Crippen LogP contribution in [0.1, 0.15) is 50.4 Å². The third kappa shape index (κ3) is 5.49. The van der Waals surface area contributed by atoms with Crippen molar-refractivity contribution in [1.82, 2.24) is 4.57 Å². The molecule has 1 aliphatic heterocycles. The molecule has 10 nitrogen and oxygen atoms in total. The number of hydrogen-bond acceptors (Lipinski definition) is 9.